The van der Waals surface area contributed by atoms with Crippen molar-refractivity contribution in [1.82, 2.24) is 14.8 Å². The molecule has 0 radical (unpaired) electrons. The fourth-order valence-corrected chi connectivity index (χ4v) is 3.74. The van der Waals surface area contributed by atoms with Gasteiger partial charge >= 0.3 is 12.2 Å². The average Bonchev–Trinajstić information content (AvgIpc) is 2.75. The number of alkyl halides is 3. The first-order valence-corrected chi connectivity index (χ1v) is 10.2. The highest BCUT2D eigenvalue weighted by Crippen LogP contribution is 2.31. The largest absolute Gasteiger partial charge is 0.416 e. The third-order valence-electron chi connectivity index (χ3n) is 5.39. The van der Waals surface area contributed by atoms with Gasteiger partial charge in [0, 0.05) is 57.4 Å². The lowest BCUT2D eigenvalue weighted by molar-refractivity contribution is -0.137. The Balaban J connectivity index is 1.61. The van der Waals surface area contributed by atoms with E-state index in [0.717, 1.165) is 44.6 Å². The van der Waals surface area contributed by atoms with Gasteiger partial charge in [-0.2, -0.15) is 13.2 Å². The van der Waals surface area contributed by atoms with Crippen LogP contribution in [-0.2, 0) is 17.5 Å². The monoisotopic (exact) mass is 436 g/mol. The number of likely N-dealkylation sites (tertiary alicyclic amines) is 1. The molecule has 2 amide bonds. The van der Waals surface area contributed by atoms with E-state index < -0.39 is 17.8 Å². The second kappa shape index (κ2) is 10.6. The molecule has 1 aliphatic heterocycles. The number of nitrogens with zero attached hydrogens (tertiary/aromatic N) is 3. The fraction of sp³-hybridized carbons (Fsp3) is 0.455. The maximum atomic E-state index is 13.0. The summed E-state index contributed by atoms with van der Waals surface area (Å²) in [5.74, 6) is 0. The predicted molar refractivity (Wildman–Crippen MR) is 112 cm³/mol. The number of rotatable bonds is 7. The van der Waals surface area contributed by atoms with Gasteiger partial charge in [0.2, 0.25) is 0 Å². The number of nitrogens with one attached hydrogen (secondary N) is 1. The van der Waals surface area contributed by atoms with Crippen LogP contribution in [0.1, 0.15) is 24.0 Å². The molecule has 0 spiro atoms. The van der Waals surface area contributed by atoms with Crippen LogP contribution in [0.25, 0.3) is 0 Å². The van der Waals surface area contributed by atoms with E-state index in [1.165, 1.54) is 17.7 Å². The molecular formula is C22H27F3N4O2. The van der Waals surface area contributed by atoms with Crippen molar-refractivity contribution in [1.29, 1.82) is 0 Å². The van der Waals surface area contributed by atoms with Crippen LogP contribution >= 0.6 is 0 Å². The summed E-state index contributed by atoms with van der Waals surface area (Å²) in [4.78, 5) is 20.9. The number of carbonyl (C=O) groups is 1. The molecule has 0 aliphatic carbocycles. The van der Waals surface area contributed by atoms with Gasteiger partial charge in [0.15, 0.2) is 0 Å². The first-order chi connectivity index (χ1) is 14.9. The quantitative estimate of drug-likeness (QED) is 0.705. The summed E-state index contributed by atoms with van der Waals surface area (Å²) in [6, 6.07) is 8.23. The first-order valence-electron chi connectivity index (χ1n) is 10.2. The Morgan fingerprint density at radius 2 is 1.94 bits per heavy atom. The number of piperidine rings is 1. The number of halogens is 3. The van der Waals surface area contributed by atoms with Gasteiger partial charge in [-0.25, -0.2) is 4.79 Å². The van der Waals surface area contributed by atoms with Crippen molar-refractivity contribution in [3.05, 3.63) is 59.9 Å². The predicted octanol–water partition coefficient (Wildman–Crippen LogP) is 4.25. The summed E-state index contributed by atoms with van der Waals surface area (Å²) in [6.07, 6.45) is 0.646. The van der Waals surface area contributed by atoms with Gasteiger partial charge in [-0.1, -0.05) is 6.07 Å². The lowest BCUT2D eigenvalue weighted by Gasteiger charge is -2.38. The number of ether oxygens (including phenoxy) is 1. The maximum Gasteiger partial charge on any atom is 0.416 e. The molecule has 31 heavy (non-hydrogen) atoms. The zero-order chi connectivity index (χ0) is 22.3. The number of methoxy groups -OCH3 is 1. The summed E-state index contributed by atoms with van der Waals surface area (Å²) in [7, 11) is 1.56. The van der Waals surface area contributed by atoms with Crippen molar-refractivity contribution < 1.29 is 22.7 Å². The number of benzene rings is 1. The standard InChI is InChI=1S/C22H27F3N4O2/c1-31-14-13-29(21(30)27-19-4-2-3-18(15-19)22(23,24)25)20-7-11-28(12-8-20)16-17-5-9-26-10-6-17/h2-6,9-10,15,20H,7-8,11-14,16H2,1H3,(H,27,30). The van der Waals surface area contributed by atoms with E-state index in [9.17, 15) is 18.0 Å². The molecule has 1 aliphatic rings. The molecule has 2 aromatic rings. The van der Waals surface area contributed by atoms with E-state index in [0.29, 0.717) is 13.2 Å². The second-order valence-electron chi connectivity index (χ2n) is 7.56. The first kappa shape index (κ1) is 23.0. The van der Waals surface area contributed by atoms with Gasteiger partial charge in [0.05, 0.1) is 12.2 Å². The van der Waals surface area contributed by atoms with E-state index in [2.05, 4.69) is 15.2 Å². The normalized spacial score (nSPS) is 15.6. The lowest BCUT2D eigenvalue weighted by atomic mass is 10.0. The molecule has 1 aromatic carbocycles. The van der Waals surface area contributed by atoms with E-state index in [4.69, 9.17) is 4.74 Å². The molecule has 0 bridgehead atoms. The second-order valence-corrected chi connectivity index (χ2v) is 7.56. The minimum atomic E-state index is -4.46. The number of carbonyl (C=O) groups excluding carboxylic acids is 1. The third kappa shape index (κ3) is 6.67. The Morgan fingerprint density at radius 1 is 1.23 bits per heavy atom. The van der Waals surface area contributed by atoms with E-state index in [1.54, 1.807) is 24.4 Å². The molecule has 0 unspecified atom stereocenters. The number of pyridine rings is 1. The molecule has 2 heterocycles. The van der Waals surface area contributed by atoms with E-state index in [-0.39, 0.29) is 11.7 Å². The van der Waals surface area contributed by atoms with Crippen molar-refractivity contribution in [2.45, 2.75) is 31.6 Å². The average molecular weight is 436 g/mol. The molecule has 1 aromatic heterocycles. The Hall–Kier alpha value is -2.65. The zero-order valence-electron chi connectivity index (χ0n) is 17.4. The van der Waals surface area contributed by atoms with Crippen LogP contribution in [-0.4, -0.2) is 60.2 Å². The van der Waals surface area contributed by atoms with Crippen molar-refractivity contribution in [3.63, 3.8) is 0 Å². The number of urea groups is 1. The van der Waals surface area contributed by atoms with Gasteiger partial charge < -0.3 is 15.0 Å². The number of hydrogen-bond acceptors (Lipinski definition) is 4. The van der Waals surface area contributed by atoms with Gasteiger partial charge in [-0.05, 0) is 48.7 Å². The molecule has 9 heteroatoms. The Bertz CT molecular complexity index is 840. The summed E-state index contributed by atoms with van der Waals surface area (Å²) in [6.45, 7) is 3.20. The number of anilines is 1. The highest BCUT2D eigenvalue weighted by Gasteiger charge is 2.31. The third-order valence-corrected chi connectivity index (χ3v) is 5.39. The smallest absolute Gasteiger partial charge is 0.383 e. The fourth-order valence-electron chi connectivity index (χ4n) is 3.74. The van der Waals surface area contributed by atoms with Crippen molar-refractivity contribution in [2.24, 2.45) is 0 Å². The SMILES string of the molecule is COCCN(C(=O)Nc1cccc(C(F)(F)F)c1)C1CCN(Cc2ccncc2)CC1. The van der Waals surface area contributed by atoms with Gasteiger partial charge in [0.1, 0.15) is 0 Å². The molecule has 0 saturated carbocycles. The van der Waals surface area contributed by atoms with Crippen LogP contribution in [0.2, 0.25) is 0 Å². The van der Waals surface area contributed by atoms with Crippen molar-refractivity contribution in [3.8, 4) is 0 Å². The van der Waals surface area contributed by atoms with Gasteiger partial charge in [-0.3, -0.25) is 9.88 Å². The van der Waals surface area contributed by atoms with E-state index >= 15 is 0 Å². The van der Waals surface area contributed by atoms with Gasteiger partial charge in [0.25, 0.3) is 0 Å². The Morgan fingerprint density at radius 3 is 2.58 bits per heavy atom. The highest BCUT2D eigenvalue weighted by atomic mass is 19.4. The maximum absolute atomic E-state index is 13.0. The molecule has 1 saturated heterocycles. The van der Waals surface area contributed by atoms with Crippen LogP contribution < -0.4 is 5.32 Å². The number of amides is 2. The molecule has 1 N–H and O–H groups in total. The van der Waals surface area contributed by atoms with E-state index in [1.807, 2.05) is 12.1 Å². The van der Waals surface area contributed by atoms with Crippen LogP contribution in [0.3, 0.4) is 0 Å². The van der Waals surface area contributed by atoms with Crippen LogP contribution in [0.15, 0.2) is 48.8 Å². The van der Waals surface area contributed by atoms with Crippen molar-refractivity contribution in [2.75, 3.05) is 38.7 Å². The van der Waals surface area contributed by atoms with Crippen molar-refractivity contribution >= 4 is 11.7 Å². The summed E-state index contributed by atoms with van der Waals surface area (Å²) in [5.41, 5.74) is 0.516. The lowest BCUT2D eigenvalue weighted by Crippen LogP contribution is -2.49. The molecule has 3 rings (SSSR count). The topological polar surface area (TPSA) is 57.7 Å². The Kier molecular flexibility index (Phi) is 7.86. The minimum absolute atomic E-state index is 0.00496. The van der Waals surface area contributed by atoms with Crippen LogP contribution in [0.5, 0.6) is 0 Å². The molecule has 6 nitrogen and oxygen atoms in total. The summed E-state index contributed by atoms with van der Waals surface area (Å²) in [5, 5.41) is 2.62. The zero-order valence-corrected chi connectivity index (χ0v) is 17.4. The molecule has 168 valence electrons. The number of hydrogen-bond donors (Lipinski definition) is 1. The van der Waals surface area contributed by atoms with Gasteiger partial charge in [-0.15, -0.1) is 0 Å². The van der Waals surface area contributed by atoms with Crippen LogP contribution in [0.4, 0.5) is 23.7 Å². The Labute approximate surface area is 180 Å². The number of aromatic nitrogens is 1. The molecule has 0 atom stereocenters. The molecular weight excluding hydrogens is 409 g/mol. The summed E-state index contributed by atoms with van der Waals surface area (Å²) >= 11 is 0. The summed E-state index contributed by atoms with van der Waals surface area (Å²) < 4.78 is 44.0. The molecule has 1 fully saturated rings. The highest BCUT2D eigenvalue weighted by molar-refractivity contribution is 5.89. The minimum Gasteiger partial charge on any atom is -0.383 e. The van der Waals surface area contributed by atoms with Crippen LogP contribution in [0, 0.1) is 0 Å².